The number of fused-ring (bicyclic) bond motifs is 1. The first-order valence-corrected chi connectivity index (χ1v) is 11.5. The average molecular weight is 437 g/mol. The molecular formula is C26H32N2O4. The molecule has 6 nitrogen and oxygen atoms in total. The molecule has 6 heteroatoms. The van der Waals surface area contributed by atoms with Gasteiger partial charge in [-0.25, -0.2) is 0 Å². The number of nitrogens with zero attached hydrogens (tertiary/aromatic N) is 1. The van der Waals surface area contributed by atoms with E-state index in [2.05, 4.69) is 36.5 Å². The fourth-order valence-corrected chi connectivity index (χ4v) is 4.75. The Balaban J connectivity index is 1.40. The van der Waals surface area contributed by atoms with E-state index >= 15 is 0 Å². The number of carbonyl (C=O) groups is 2. The molecule has 1 amide bonds. The molecule has 4 rings (SSSR count). The summed E-state index contributed by atoms with van der Waals surface area (Å²) in [6, 6.07) is 14.4. The Labute approximate surface area is 189 Å². The van der Waals surface area contributed by atoms with E-state index in [1.807, 2.05) is 23.1 Å². The van der Waals surface area contributed by atoms with E-state index in [1.165, 1.54) is 11.1 Å². The Bertz CT molecular complexity index is 999. The molecule has 2 aromatic carbocycles. The quantitative estimate of drug-likeness (QED) is 0.583. The van der Waals surface area contributed by atoms with Crippen molar-refractivity contribution in [3.05, 3.63) is 59.2 Å². The smallest absolute Gasteiger partial charge is 0.303 e. The van der Waals surface area contributed by atoms with Crippen molar-refractivity contribution in [2.75, 3.05) is 25.1 Å². The highest BCUT2D eigenvalue weighted by molar-refractivity contribution is 5.96. The number of rotatable bonds is 10. The van der Waals surface area contributed by atoms with Crippen LogP contribution in [0.15, 0.2) is 42.5 Å². The number of carboxylic acids is 1. The molecule has 1 aliphatic carbocycles. The third-order valence-electron chi connectivity index (χ3n) is 6.82. The van der Waals surface area contributed by atoms with Crippen molar-refractivity contribution in [3.63, 3.8) is 0 Å². The lowest BCUT2D eigenvalue weighted by atomic mass is 9.94. The number of carboxylic acid groups (broad SMARTS) is 1. The van der Waals surface area contributed by atoms with E-state index in [0.717, 1.165) is 36.3 Å². The van der Waals surface area contributed by atoms with Crippen LogP contribution in [0.25, 0.3) is 0 Å². The molecule has 2 aliphatic rings. The monoisotopic (exact) mass is 436 g/mol. The Hall–Kier alpha value is -2.86. The summed E-state index contributed by atoms with van der Waals surface area (Å²) < 4.78 is 5.36. The number of nitrogens with one attached hydrogen (secondary N) is 1. The van der Waals surface area contributed by atoms with Crippen molar-refractivity contribution < 1.29 is 19.4 Å². The van der Waals surface area contributed by atoms with Gasteiger partial charge in [-0.3, -0.25) is 9.59 Å². The van der Waals surface area contributed by atoms with E-state index in [-0.39, 0.29) is 23.8 Å². The maximum absolute atomic E-state index is 13.1. The van der Waals surface area contributed by atoms with Crippen molar-refractivity contribution in [3.8, 4) is 5.75 Å². The standard InChI is InChI=1S/C26H32N2O4/c1-3-18-7-9-23-22(15-18)19(8-10-25(30)31)17-28(23)24(29)11-14-27-26(12-13-26)20-5-4-6-21(16-20)32-2/h4-7,9,15-16,19,27H,3,8,10-14,17H2,1-2H3,(H,30,31). The predicted octanol–water partition coefficient (Wildman–Crippen LogP) is 4.22. The first kappa shape index (κ1) is 22.3. The minimum atomic E-state index is -0.792. The number of aryl methyl sites for hydroxylation is 1. The number of benzene rings is 2. The predicted molar refractivity (Wildman–Crippen MR) is 124 cm³/mol. The summed E-state index contributed by atoms with van der Waals surface area (Å²) in [5, 5.41) is 12.7. The Morgan fingerprint density at radius 1 is 1.19 bits per heavy atom. The molecule has 1 saturated carbocycles. The maximum atomic E-state index is 13.1. The summed E-state index contributed by atoms with van der Waals surface area (Å²) in [6.45, 7) is 3.28. The van der Waals surface area contributed by atoms with Crippen LogP contribution >= 0.6 is 0 Å². The van der Waals surface area contributed by atoms with E-state index in [9.17, 15) is 9.59 Å². The lowest BCUT2D eigenvalue weighted by Gasteiger charge is -2.21. The van der Waals surface area contributed by atoms with E-state index in [1.54, 1.807) is 7.11 Å². The molecule has 0 spiro atoms. The van der Waals surface area contributed by atoms with E-state index in [0.29, 0.717) is 25.9 Å². The van der Waals surface area contributed by atoms with Gasteiger partial charge < -0.3 is 20.1 Å². The highest BCUT2D eigenvalue weighted by Gasteiger charge is 2.44. The van der Waals surface area contributed by atoms with Gasteiger partial charge >= 0.3 is 5.97 Å². The van der Waals surface area contributed by atoms with Crippen LogP contribution in [0.2, 0.25) is 0 Å². The molecule has 0 bridgehead atoms. The SMILES string of the molecule is CCc1ccc2c(c1)C(CCC(=O)O)CN2C(=O)CCNC1(c2cccc(OC)c2)CC1. The molecule has 0 aromatic heterocycles. The second-order valence-electron chi connectivity index (χ2n) is 8.87. The first-order chi connectivity index (χ1) is 15.5. The summed E-state index contributed by atoms with van der Waals surface area (Å²) in [4.78, 5) is 26.1. The van der Waals surface area contributed by atoms with Gasteiger partial charge in [0.05, 0.1) is 7.11 Å². The number of amides is 1. The number of hydrogen-bond donors (Lipinski definition) is 2. The van der Waals surface area contributed by atoms with E-state index < -0.39 is 5.97 Å². The molecule has 32 heavy (non-hydrogen) atoms. The molecule has 0 saturated heterocycles. The van der Waals surface area contributed by atoms with Crippen molar-refractivity contribution in [2.45, 2.75) is 56.9 Å². The minimum absolute atomic E-state index is 0.0578. The number of hydrogen-bond acceptors (Lipinski definition) is 4. The molecule has 1 fully saturated rings. The second-order valence-corrected chi connectivity index (χ2v) is 8.87. The molecule has 2 aromatic rings. The van der Waals surface area contributed by atoms with Crippen molar-refractivity contribution in [2.24, 2.45) is 0 Å². The van der Waals surface area contributed by atoms with Gasteiger partial charge in [-0.1, -0.05) is 31.2 Å². The fraction of sp³-hybridized carbons (Fsp3) is 0.462. The van der Waals surface area contributed by atoms with Crippen molar-refractivity contribution >= 4 is 17.6 Å². The summed E-state index contributed by atoms with van der Waals surface area (Å²) in [5.41, 5.74) is 4.42. The lowest BCUT2D eigenvalue weighted by Crippen LogP contribution is -2.35. The van der Waals surface area contributed by atoms with Crippen LogP contribution in [0.5, 0.6) is 5.75 Å². The van der Waals surface area contributed by atoms with Crippen LogP contribution in [-0.4, -0.2) is 37.2 Å². The molecule has 2 N–H and O–H groups in total. The van der Waals surface area contributed by atoms with Crippen LogP contribution < -0.4 is 15.0 Å². The van der Waals surface area contributed by atoms with Crippen LogP contribution in [-0.2, 0) is 21.5 Å². The summed E-state index contributed by atoms with van der Waals surface area (Å²) in [7, 11) is 1.67. The molecular weight excluding hydrogens is 404 g/mol. The molecule has 0 radical (unpaired) electrons. The van der Waals surface area contributed by atoms with Crippen LogP contribution in [0, 0.1) is 0 Å². The fourth-order valence-electron chi connectivity index (χ4n) is 4.75. The molecule has 1 heterocycles. The zero-order valence-electron chi connectivity index (χ0n) is 18.9. The van der Waals surface area contributed by atoms with Crippen LogP contribution in [0.3, 0.4) is 0 Å². The van der Waals surface area contributed by atoms with Crippen LogP contribution in [0.4, 0.5) is 5.69 Å². The summed E-state index contributed by atoms with van der Waals surface area (Å²) in [6.07, 6.45) is 4.11. The lowest BCUT2D eigenvalue weighted by molar-refractivity contribution is -0.137. The zero-order valence-corrected chi connectivity index (χ0v) is 18.9. The first-order valence-electron chi connectivity index (χ1n) is 11.5. The van der Waals surface area contributed by atoms with Gasteiger partial charge in [0.1, 0.15) is 5.75 Å². The van der Waals surface area contributed by atoms with Gasteiger partial charge in [0.2, 0.25) is 5.91 Å². The Morgan fingerprint density at radius 2 is 2.00 bits per heavy atom. The highest BCUT2D eigenvalue weighted by Crippen LogP contribution is 2.46. The van der Waals surface area contributed by atoms with Gasteiger partial charge in [0.25, 0.3) is 0 Å². The highest BCUT2D eigenvalue weighted by atomic mass is 16.5. The molecule has 170 valence electrons. The second kappa shape index (κ2) is 9.33. The van der Waals surface area contributed by atoms with E-state index in [4.69, 9.17) is 9.84 Å². The third-order valence-corrected chi connectivity index (χ3v) is 6.82. The number of anilines is 1. The normalized spacial score (nSPS) is 18.3. The van der Waals surface area contributed by atoms with Crippen molar-refractivity contribution in [1.29, 1.82) is 0 Å². The molecule has 1 aliphatic heterocycles. The minimum Gasteiger partial charge on any atom is -0.497 e. The van der Waals surface area contributed by atoms with Gasteiger partial charge in [-0.05, 0) is 60.6 Å². The van der Waals surface area contributed by atoms with Gasteiger partial charge in [-0.2, -0.15) is 0 Å². The molecule has 1 atom stereocenters. The summed E-state index contributed by atoms with van der Waals surface area (Å²) in [5.74, 6) is 0.219. The summed E-state index contributed by atoms with van der Waals surface area (Å²) >= 11 is 0. The molecule has 1 unspecified atom stereocenters. The number of ether oxygens (including phenoxy) is 1. The topological polar surface area (TPSA) is 78.9 Å². The largest absolute Gasteiger partial charge is 0.497 e. The Kier molecular flexibility index (Phi) is 6.51. The number of aliphatic carboxylic acids is 1. The number of carbonyl (C=O) groups excluding carboxylic acids is 1. The van der Waals surface area contributed by atoms with Gasteiger partial charge in [0.15, 0.2) is 0 Å². The zero-order chi connectivity index (χ0) is 22.7. The van der Waals surface area contributed by atoms with Crippen molar-refractivity contribution in [1.82, 2.24) is 5.32 Å². The van der Waals surface area contributed by atoms with Gasteiger partial charge in [0, 0.05) is 43.1 Å². The Morgan fingerprint density at radius 3 is 2.69 bits per heavy atom. The number of methoxy groups -OCH3 is 1. The maximum Gasteiger partial charge on any atom is 0.303 e. The van der Waals surface area contributed by atoms with Crippen LogP contribution in [0.1, 0.15) is 61.6 Å². The third kappa shape index (κ3) is 4.65. The van der Waals surface area contributed by atoms with Gasteiger partial charge in [-0.15, -0.1) is 0 Å². The average Bonchev–Trinajstić information content (AvgIpc) is 3.51.